The fourth-order valence-corrected chi connectivity index (χ4v) is 14.1. The smallest absolute Gasteiger partial charge is 0.266 e. The summed E-state index contributed by atoms with van der Waals surface area (Å²) in [4.78, 5) is 161. The van der Waals surface area contributed by atoms with Gasteiger partial charge < -0.3 is 56.7 Å². The first-order valence-corrected chi connectivity index (χ1v) is 36.3. The number of aliphatic hydroxyl groups excluding tert-OH is 1. The van der Waals surface area contributed by atoms with E-state index in [1.165, 1.54) is 12.1 Å². The maximum atomic E-state index is 13.4. The summed E-state index contributed by atoms with van der Waals surface area (Å²) in [5, 5.41) is 30.2. The number of β-amino-alcohol motifs (C(OH)–C–C–N with tert-alkyl or cyclic N) is 1. The second-order valence-corrected chi connectivity index (χ2v) is 30.0. The quantitative estimate of drug-likeness (QED) is 0.0387. The summed E-state index contributed by atoms with van der Waals surface area (Å²) in [5.74, 6) is -4.24. The Labute approximate surface area is 620 Å². The zero-order valence-electron chi connectivity index (χ0n) is 61.9. The number of fused-ring (bicyclic) bond motifs is 3. The fraction of sp³-hybridized carbons (Fsp3) is 0.423. The van der Waals surface area contributed by atoms with Crippen molar-refractivity contribution in [1.29, 1.82) is 0 Å². The first kappa shape index (κ1) is 79.4. The average Bonchev–Trinajstić information content (AvgIpc) is 1.62. The van der Waals surface area contributed by atoms with Crippen LogP contribution in [0.5, 0.6) is 11.5 Å². The van der Waals surface area contributed by atoms with Gasteiger partial charge in [0.25, 0.3) is 41.4 Å². The minimum absolute atomic E-state index is 0.0409. The Kier molecular flexibility index (Phi) is 25.2. The lowest BCUT2D eigenvalue weighted by molar-refractivity contribution is -0.142. The number of nitrogens with zero attached hydrogens (tertiary/aromatic N) is 5. The lowest BCUT2D eigenvalue weighted by atomic mass is 9.85. The highest BCUT2D eigenvalue weighted by atomic mass is 32.1. The molecule has 4 saturated heterocycles. The summed E-state index contributed by atoms with van der Waals surface area (Å²) < 4.78 is 11.1. The minimum Gasteiger partial charge on any atom is -0.490 e. The van der Waals surface area contributed by atoms with Crippen molar-refractivity contribution in [1.82, 2.24) is 56.5 Å². The summed E-state index contributed by atoms with van der Waals surface area (Å²) in [6, 6.07) is 19.3. The van der Waals surface area contributed by atoms with Gasteiger partial charge in [0.05, 0.1) is 67.7 Å². The molecule has 1 aromatic heterocycles. The van der Waals surface area contributed by atoms with Crippen LogP contribution in [0.4, 0.5) is 5.69 Å². The Morgan fingerprint density at radius 2 is 1.09 bits per heavy atom. The number of benzene rings is 4. The Bertz CT molecular complexity index is 4220. The molecule has 0 bridgehead atoms. The van der Waals surface area contributed by atoms with Crippen molar-refractivity contribution in [2.75, 3.05) is 18.5 Å². The number of ether oxygens (including phenoxy) is 2. The SMILES string of the molecule is C=C1CCC(N2C(=O)c3cccc(NC(C)C)c3C2=O)C(=O)N1.C=C1CCC(N2C(=O)c3cccc(OC(C)C)c3C2=O)C(=O)N1.C=C1CCC(N2C(=O)c3cccc(OCC(=O)NC(C)C)c3C2=O)C(=O)N1.Cc1ncsc1-c1ccc(CNC(=O)[C@@H]2C[C@@H](O)CN2C(=O)[C@@H](NC(C)C)C(C)(C)C)cc1. The summed E-state index contributed by atoms with van der Waals surface area (Å²) in [6.07, 6.45) is 2.12. The number of anilines is 1. The number of carbonyl (C=O) groups is 12. The zero-order valence-corrected chi connectivity index (χ0v) is 62.7. The van der Waals surface area contributed by atoms with Crippen molar-refractivity contribution in [2.45, 2.75) is 195 Å². The zero-order chi connectivity index (χ0) is 77.5. The van der Waals surface area contributed by atoms with E-state index in [0.29, 0.717) is 84.7 Å². The highest BCUT2D eigenvalue weighted by Crippen LogP contribution is 2.38. The highest BCUT2D eigenvalue weighted by Gasteiger charge is 2.49. The predicted molar refractivity (Wildman–Crippen MR) is 397 cm³/mol. The normalized spacial score (nSPS) is 20.1. The Morgan fingerprint density at radius 3 is 1.54 bits per heavy atom. The molecule has 28 heteroatoms. The van der Waals surface area contributed by atoms with Crippen molar-refractivity contribution >= 4 is 87.9 Å². The van der Waals surface area contributed by atoms with E-state index in [4.69, 9.17) is 9.47 Å². The maximum absolute atomic E-state index is 13.4. The van der Waals surface area contributed by atoms with Gasteiger partial charge in [-0.25, -0.2) is 4.98 Å². The fourth-order valence-electron chi connectivity index (χ4n) is 13.3. The van der Waals surface area contributed by atoms with Gasteiger partial charge in [-0.2, -0.15) is 0 Å². The number of piperidine rings is 3. The van der Waals surface area contributed by atoms with Gasteiger partial charge in [0, 0.05) is 60.4 Å². The van der Waals surface area contributed by atoms with Gasteiger partial charge in [-0.1, -0.05) is 96.8 Å². The van der Waals surface area contributed by atoms with Crippen molar-refractivity contribution in [3.05, 3.63) is 166 Å². The van der Waals surface area contributed by atoms with Crippen LogP contribution in [0, 0.1) is 12.3 Å². The molecule has 0 radical (unpaired) electrons. The number of aliphatic hydroxyl groups is 1. The lowest BCUT2D eigenvalue weighted by Crippen LogP contribution is -2.57. The molecule has 7 aliphatic rings. The molecule has 4 aromatic carbocycles. The van der Waals surface area contributed by atoms with E-state index in [-0.39, 0.29) is 107 Å². The molecule has 8 heterocycles. The van der Waals surface area contributed by atoms with Gasteiger partial charge in [-0.15, -0.1) is 11.3 Å². The molecule has 6 atom stereocenters. The van der Waals surface area contributed by atoms with Crippen molar-refractivity contribution < 1.29 is 72.1 Å². The molecule has 7 aliphatic heterocycles. The van der Waals surface area contributed by atoms with Crippen LogP contribution < -0.4 is 46.7 Å². The predicted octanol–water partition coefficient (Wildman–Crippen LogP) is 7.84. The number of hydrogen-bond acceptors (Lipinski definition) is 19. The number of imide groups is 3. The average molecular weight is 1470 g/mol. The van der Waals surface area contributed by atoms with Crippen molar-refractivity contribution in [3.63, 3.8) is 0 Å². The van der Waals surface area contributed by atoms with E-state index in [0.717, 1.165) is 36.4 Å². The number of aromatic nitrogens is 1. The van der Waals surface area contributed by atoms with E-state index < -0.39 is 77.7 Å². The summed E-state index contributed by atoms with van der Waals surface area (Å²) in [5.41, 5.74) is 8.46. The summed E-state index contributed by atoms with van der Waals surface area (Å²) in [7, 11) is 0. The summed E-state index contributed by atoms with van der Waals surface area (Å²) in [6.45, 7) is 34.6. The van der Waals surface area contributed by atoms with Gasteiger partial charge in [-0.05, 0) is 140 Å². The molecule has 5 aromatic rings. The third-order valence-electron chi connectivity index (χ3n) is 18.2. The van der Waals surface area contributed by atoms with E-state index in [1.54, 1.807) is 58.7 Å². The van der Waals surface area contributed by atoms with Crippen molar-refractivity contribution in [3.8, 4) is 21.9 Å². The molecule has 0 aliphatic carbocycles. The second kappa shape index (κ2) is 33.6. The second-order valence-electron chi connectivity index (χ2n) is 29.1. The monoisotopic (exact) mass is 1470 g/mol. The van der Waals surface area contributed by atoms with Crippen molar-refractivity contribution in [2.24, 2.45) is 5.41 Å². The van der Waals surface area contributed by atoms with Gasteiger partial charge in [0.1, 0.15) is 35.7 Å². The van der Waals surface area contributed by atoms with Crippen LogP contribution in [0.25, 0.3) is 10.4 Å². The molecule has 27 nitrogen and oxygen atoms in total. The van der Waals surface area contributed by atoms with E-state index in [2.05, 4.69) is 61.9 Å². The number of amides is 12. The molecule has 12 amide bonds. The number of nitrogens with one attached hydrogen (secondary N) is 7. The number of carbonyl (C=O) groups excluding carboxylic acids is 12. The molecule has 8 N–H and O–H groups in total. The molecule has 106 heavy (non-hydrogen) atoms. The van der Waals surface area contributed by atoms with E-state index in [9.17, 15) is 62.6 Å². The molecule has 0 spiro atoms. The first-order valence-electron chi connectivity index (χ1n) is 35.4. The topological polar surface area (TPSA) is 354 Å². The van der Waals surface area contributed by atoms with E-state index in [1.807, 2.05) is 113 Å². The Hall–Kier alpha value is -10.7. The van der Waals surface area contributed by atoms with Gasteiger partial charge >= 0.3 is 0 Å². The third kappa shape index (κ3) is 18.0. The highest BCUT2D eigenvalue weighted by molar-refractivity contribution is 7.13. The van der Waals surface area contributed by atoms with Crippen LogP contribution in [0.1, 0.15) is 195 Å². The van der Waals surface area contributed by atoms with Crippen LogP contribution in [-0.2, 0) is 35.3 Å². The minimum atomic E-state index is -0.889. The molecule has 562 valence electrons. The van der Waals surface area contributed by atoms with Gasteiger partial charge in [-0.3, -0.25) is 72.2 Å². The standard InChI is InChI=1S/C25H36N4O3S.C19H21N3O5.C17H19N3O3.C17H18N2O4/c1-15(2)28-22(25(4,5)6)24(32)29-13-19(30)11-20(29)23(31)26-12-17-7-9-18(10-8-17)21-16(3)27-14-33-21;1-10(2)20-15(23)9-27-14-6-4-5-12-16(14)19(26)22(18(12)25)13-8-7-11(3)21-17(13)24;1-9(2)18-12-6-4-5-11-14(12)17(23)20(16(11)22)13-8-7-10(3)19-15(13)21;1-9(2)23-13-6-4-5-11-14(13)17(22)19(16(11)21)12-8-7-10(3)18-15(12)20/h7-10,14-15,19-20,22,28,30H,11-13H2,1-6H3,(H,26,31);4-6,10,13H,3,7-9H2,1-2H3,(H,20,23)(H,21,24);4-6,9,13,18H,3,7-8H2,1-2H3,(H,19,21);4-6,9,12H,3,7-8H2,1-2H3,(H,18,20)/t19-,20+,22-;;;/m1.../s1. The Balaban J connectivity index is 0.000000165. The number of aryl methyl sites for hydroxylation is 1. The molecular formula is C78H94N12O15S. The molecule has 12 rings (SSSR count). The van der Waals surface area contributed by atoms with Crippen LogP contribution in [0.2, 0.25) is 0 Å². The molecule has 0 saturated carbocycles. The number of allylic oxidation sites excluding steroid dienone is 3. The van der Waals surface area contributed by atoms with Crippen LogP contribution in [0.15, 0.2) is 121 Å². The molecular weight excluding hydrogens is 1380 g/mol. The molecule has 4 fully saturated rings. The van der Waals surface area contributed by atoms with E-state index >= 15 is 0 Å². The number of rotatable bonds is 18. The largest absolute Gasteiger partial charge is 0.490 e. The van der Waals surface area contributed by atoms with Crippen LogP contribution >= 0.6 is 11.3 Å². The van der Waals surface area contributed by atoms with Gasteiger partial charge in [0.2, 0.25) is 29.5 Å². The molecule has 3 unspecified atom stereocenters. The number of hydrogen-bond donors (Lipinski definition) is 8. The lowest BCUT2D eigenvalue weighted by Gasteiger charge is -2.36. The number of thiazole rings is 1. The number of likely N-dealkylation sites (tertiary alicyclic amines) is 1. The first-order chi connectivity index (χ1) is 50.1. The van der Waals surface area contributed by atoms with Crippen LogP contribution in [-0.4, -0.2) is 174 Å². The summed E-state index contributed by atoms with van der Waals surface area (Å²) >= 11 is 1.61. The van der Waals surface area contributed by atoms with Gasteiger partial charge in [0.15, 0.2) is 6.61 Å². The van der Waals surface area contributed by atoms with Crippen LogP contribution in [0.3, 0.4) is 0 Å². The Morgan fingerprint density at radius 1 is 0.623 bits per heavy atom. The maximum Gasteiger partial charge on any atom is 0.266 e. The third-order valence-corrected chi connectivity index (χ3v) is 19.2.